The SMILES string of the molecule is COc1ccc(-c2nnc3nc(C)cc(C)n23)cc1N. The molecule has 0 fully saturated rings. The van der Waals surface area contributed by atoms with E-state index in [1.165, 1.54) is 0 Å². The van der Waals surface area contributed by atoms with E-state index in [1.54, 1.807) is 7.11 Å². The number of hydrogen-bond donors (Lipinski definition) is 1. The number of hydrogen-bond acceptors (Lipinski definition) is 5. The number of nitrogen functional groups attached to an aromatic ring is 1. The highest BCUT2D eigenvalue weighted by molar-refractivity contribution is 5.67. The summed E-state index contributed by atoms with van der Waals surface area (Å²) >= 11 is 0. The molecule has 20 heavy (non-hydrogen) atoms. The van der Waals surface area contributed by atoms with Crippen LogP contribution in [0.3, 0.4) is 0 Å². The van der Waals surface area contributed by atoms with Gasteiger partial charge >= 0.3 is 0 Å². The Kier molecular flexibility index (Phi) is 2.78. The number of nitrogens with zero attached hydrogens (tertiary/aromatic N) is 4. The number of benzene rings is 1. The number of aryl methyl sites for hydroxylation is 2. The third-order valence-corrected chi connectivity index (χ3v) is 3.18. The number of ether oxygens (including phenoxy) is 1. The van der Waals surface area contributed by atoms with Crippen molar-refractivity contribution in [3.63, 3.8) is 0 Å². The standard InChI is InChI=1S/C14H15N5O/c1-8-6-9(2)19-13(17-18-14(19)16-8)10-4-5-12(20-3)11(15)7-10/h4-7H,15H2,1-3H3. The molecular formula is C14H15N5O. The second kappa shape index (κ2) is 4.48. The van der Waals surface area contributed by atoms with Crippen molar-refractivity contribution in [1.29, 1.82) is 0 Å². The predicted octanol–water partition coefficient (Wildman–Crippen LogP) is 2.00. The number of anilines is 1. The first kappa shape index (κ1) is 12.4. The topological polar surface area (TPSA) is 78.3 Å². The molecule has 2 aromatic heterocycles. The van der Waals surface area contributed by atoms with Crippen LogP contribution in [0, 0.1) is 13.8 Å². The second-order valence-corrected chi connectivity index (χ2v) is 4.65. The molecule has 0 saturated heterocycles. The largest absolute Gasteiger partial charge is 0.495 e. The lowest BCUT2D eigenvalue weighted by atomic mass is 10.1. The lowest BCUT2D eigenvalue weighted by Crippen LogP contribution is -1.99. The van der Waals surface area contributed by atoms with E-state index < -0.39 is 0 Å². The fourth-order valence-electron chi connectivity index (χ4n) is 2.29. The Morgan fingerprint density at radius 2 is 1.95 bits per heavy atom. The molecule has 3 rings (SSSR count). The van der Waals surface area contributed by atoms with Gasteiger partial charge in [0.15, 0.2) is 5.82 Å². The molecule has 0 unspecified atom stereocenters. The van der Waals surface area contributed by atoms with Crippen LogP contribution in [-0.4, -0.2) is 26.7 Å². The number of nitrogens with two attached hydrogens (primary N) is 1. The van der Waals surface area contributed by atoms with Crippen LogP contribution in [0.4, 0.5) is 5.69 Å². The van der Waals surface area contributed by atoms with Crippen LogP contribution in [0.15, 0.2) is 24.3 Å². The van der Waals surface area contributed by atoms with Crippen molar-refractivity contribution in [2.24, 2.45) is 0 Å². The van der Waals surface area contributed by atoms with Crippen molar-refractivity contribution in [1.82, 2.24) is 19.6 Å². The first-order valence-electron chi connectivity index (χ1n) is 6.23. The normalized spacial score (nSPS) is 10.9. The summed E-state index contributed by atoms with van der Waals surface area (Å²) in [5.74, 6) is 1.96. The molecule has 2 heterocycles. The number of methoxy groups -OCH3 is 1. The minimum atomic E-state index is 0.569. The van der Waals surface area contributed by atoms with E-state index in [2.05, 4.69) is 15.2 Å². The van der Waals surface area contributed by atoms with Crippen LogP contribution >= 0.6 is 0 Å². The Balaban J connectivity index is 2.22. The summed E-state index contributed by atoms with van der Waals surface area (Å²) in [5, 5.41) is 8.34. The summed E-state index contributed by atoms with van der Waals surface area (Å²) in [5.41, 5.74) is 9.34. The van der Waals surface area contributed by atoms with Crippen molar-refractivity contribution in [2.45, 2.75) is 13.8 Å². The molecule has 0 spiro atoms. The average Bonchev–Trinajstić information content (AvgIpc) is 2.82. The molecule has 0 aliphatic heterocycles. The lowest BCUT2D eigenvalue weighted by molar-refractivity contribution is 0.417. The number of aromatic nitrogens is 4. The van der Waals surface area contributed by atoms with Crippen LogP contribution < -0.4 is 10.5 Å². The van der Waals surface area contributed by atoms with Gasteiger partial charge in [0.1, 0.15) is 5.75 Å². The van der Waals surface area contributed by atoms with E-state index in [4.69, 9.17) is 10.5 Å². The summed E-state index contributed by atoms with van der Waals surface area (Å²) in [6.07, 6.45) is 0. The van der Waals surface area contributed by atoms with Gasteiger partial charge in [0.25, 0.3) is 5.78 Å². The molecule has 0 aliphatic carbocycles. The molecule has 2 N–H and O–H groups in total. The molecule has 0 radical (unpaired) electrons. The first-order valence-corrected chi connectivity index (χ1v) is 6.23. The van der Waals surface area contributed by atoms with E-state index >= 15 is 0 Å². The minimum absolute atomic E-state index is 0.569. The average molecular weight is 269 g/mol. The van der Waals surface area contributed by atoms with Gasteiger partial charge in [-0.15, -0.1) is 10.2 Å². The molecule has 0 amide bonds. The molecule has 1 aromatic carbocycles. The molecule has 0 saturated carbocycles. The van der Waals surface area contributed by atoms with Gasteiger partial charge in [-0.05, 0) is 38.1 Å². The predicted molar refractivity (Wildman–Crippen MR) is 76.7 cm³/mol. The van der Waals surface area contributed by atoms with Crippen molar-refractivity contribution < 1.29 is 4.74 Å². The van der Waals surface area contributed by atoms with Crippen LogP contribution in [0.25, 0.3) is 17.2 Å². The molecule has 0 aliphatic rings. The smallest absolute Gasteiger partial charge is 0.255 e. The zero-order valence-corrected chi connectivity index (χ0v) is 11.6. The van der Waals surface area contributed by atoms with Crippen LogP contribution in [0.5, 0.6) is 5.75 Å². The first-order chi connectivity index (χ1) is 9.60. The van der Waals surface area contributed by atoms with Crippen molar-refractivity contribution in [3.05, 3.63) is 35.7 Å². The Hall–Kier alpha value is -2.63. The van der Waals surface area contributed by atoms with Crippen LogP contribution in [0.1, 0.15) is 11.4 Å². The number of fused-ring (bicyclic) bond motifs is 1. The van der Waals surface area contributed by atoms with Gasteiger partial charge in [-0.25, -0.2) is 4.98 Å². The van der Waals surface area contributed by atoms with Gasteiger partial charge in [0, 0.05) is 17.0 Å². The van der Waals surface area contributed by atoms with Crippen LogP contribution in [0.2, 0.25) is 0 Å². The van der Waals surface area contributed by atoms with E-state index in [0.29, 0.717) is 17.2 Å². The zero-order chi connectivity index (χ0) is 14.3. The number of rotatable bonds is 2. The van der Waals surface area contributed by atoms with E-state index in [1.807, 2.05) is 42.5 Å². The molecule has 6 heteroatoms. The molecule has 6 nitrogen and oxygen atoms in total. The van der Waals surface area contributed by atoms with Gasteiger partial charge in [-0.2, -0.15) is 0 Å². The monoisotopic (exact) mass is 269 g/mol. The highest BCUT2D eigenvalue weighted by Gasteiger charge is 2.12. The Morgan fingerprint density at radius 1 is 1.15 bits per heavy atom. The highest BCUT2D eigenvalue weighted by Crippen LogP contribution is 2.28. The van der Waals surface area contributed by atoms with Crippen molar-refractivity contribution in [3.8, 4) is 17.1 Å². The van der Waals surface area contributed by atoms with Gasteiger partial charge in [0.2, 0.25) is 0 Å². The van der Waals surface area contributed by atoms with E-state index in [-0.39, 0.29) is 0 Å². The molecular weight excluding hydrogens is 254 g/mol. The van der Waals surface area contributed by atoms with Crippen molar-refractivity contribution in [2.75, 3.05) is 12.8 Å². The van der Waals surface area contributed by atoms with Crippen molar-refractivity contribution >= 4 is 11.5 Å². The molecule has 0 atom stereocenters. The van der Waals surface area contributed by atoms with Gasteiger partial charge in [-0.1, -0.05) is 0 Å². The molecule has 102 valence electrons. The molecule has 3 aromatic rings. The van der Waals surface area contributed by atoms with Gasteiger partial charge < -0.3 is 10.5 Å². The lowest BCUT2D eigenvalue weighted by Gasteiger charge is -2.07. The fraction of sp³-hybridized carbons (Fsp3) is 0.214. The zero-order valence-electron chi connectivity index (χ0n) is 11.6. The van der Waals surface area contributed by atoms with E-state index in [0.717, 1.165) is 22.8 Å². The van der Waals surface area contributed by atoms with Gasteiger partial charge in [-0.3, -0.25) is 4.40 Å². The maximum atomic E-state index is 5.95. The summed E-state index contributed by atoms with van der Waals surface area (Å²) in [4.78, 5) is 4.37. The fourth-order valence-corrected chi connectivity index (χ4v) is 2.29. The van der Waals surface area contributed by atoms with E-state index in [9.17, 15) is 0 Å². The highest BCUT2D eigenvalue weighted by atomic mass is 16.5. The quantitative estimate of drug-likeness (QED) is 0.720. The Morgan fingerprint density at radius 3 is 2.65 bits per heavy atom. The van der Waals surface area contributed by atoms with Crippen LogP contribution in [-0.2, 0) is 0 Å². The Bertz CT molecular complexity index is 794. The maximum absolute atomic E-state index is 5.95. The summed E-state index contributed by atoms with van der Waals surface area (Å²) < 4.78 is 7.08. The Labute approximate surface area is 116 Å². The second-order valence-electron chi connectivity index (χ2n) is 4.65. The summed E-state index contributed by atoms with van der Waals surface area (Å²) in [7, 11) is 1.59. The molecule has 0 bridgehead atoms. The summed E-state index contributed by atoms with van der Waals surface area (Å²) in [6, 6.07) is 7.55. The third kappa shape index (κ3) is 1.85. The summed E-state index contributed by atoms with van der Waals surface area (Å²) in [6.45, 7) is 3.94. The minimum Gasteiger partial charge on any atom is -0.495 e. The third-order valence-electron chi connectivity index (χ3n) is 3.18. The van der Waals surface area contributed by atoms with Gasteiger partial charge in [0.05, 0.1) is 12.8 Å². The maximum Gasteiger partial charge on any atom is 0.255 e.